The normalized spacial score (nSPS) is 16.4. The molecule has 1 aliphatic rings. The second-order valence-corrected chi connectivity index (χ2v) is 7.12. The zero-order chi connectivity index (χ0) is 22.1. The lowest BCUT2D eigenvalue weighted by molar-refractivity contribution is -0.137. The summed E-state index contributed by atoms with van der Waals surface area (Å²) in [7, 11) is 1.40. The van der Waals surface area contributed by atoms with Gasteiger partial charge in [0, 0.05) is 25.1 Å². The Morgan fingerprint density at radius 2 is 1.77 bits per heavy atom. The van der Waals surface area contributed by atoms with E-state index < -0.39 is 29.6 Å². The zero-order valence-corrected chi connectivity index (χ0v) is 16.4. The van der Waals surface area contributed by atoms with Crippen molar-refractivity contribution in [1.29, 1.82) is 0 Å². The molecule has 0 spiro atoms. The van der Waals surface area contributed by atoms with Crippen LogP contribution in [0.1, 0.15) is 29.3 Å². The number of fused-ring (bicyclic) bond motifs is 1. The summed E-state index contributed by atoms with van der Waals surface area (Å²) >= 11 is 0. The highest BCUT2D eigenvalue weighted by atomic mass is 19.4. The lowest BCUT2D eigenvalue weighted by Crippen LogP contribution is -2.45. The maximum atomic E-state index is 13.0. The summed E-state index contributed by atoms with van der Waals surface area (Å²) in [4.78, 5) is 40.2. The molecule has 1 heterocycles. The molecule has 2 aromatic carbocycles. The van der Waals surface area contributed by atoms with Gasteiger partial charge in [-0.2, -0.15) is 13.2 Å². The Morgan fingerprint density at radius 3 is 2.40 bits per heavy atom. The van der Waals surface area contributed by atoms with Gasteiger partial charge in [-0.3, -0.25) is 14.4 Å². The van der Waals surface area contributed by atoms with Crippen LogP contribution in [0.15, 0.2) is 48.5 Å². The molecule has 3 amide bonds. The number of likely N-dealkylation sites (N-methyl/N-ethyl adjacent to an activating group) is 1. The number of nitrogens with zero attached hydrogens (tertiary/aromatic N) is 2. The Kier molecular flexibility index (Phi) is 5.82. The predicted octanol–water partition coefficient (Wildman–Crippen LogP) is 3.54. The number of carbonyl (C=O) groups is 3. The topological polar surface area (TPSA) is 69.7 Å². The minimum atomic E-state index is -4.49. The molecular formula is C21H20F3N3O3. The third kappa shape index (κ3) is 4.45. The van der Waals surface area contributed by atoms with Crippen molar-refractivity contribution in [2.24, 2.45) is 0 Å². The first-order chi connectivity index (χ1) is 14.1. The summed E-state index contributed by atoms with van der Waals surface area (Å²) in [5.41, 5.74) is 0.206. The molecule has 0 aromatic heterocycles. The minimum absolute atomic E-state index is 0.0412. The summed E-state index contributed by atoms with van der Waals surface area (Å²) < 4.78 is 38.1. The molecule has 0 fully saturated rings. The van der Waals surface area contributed by atoms with Crippen LogP contribution in [0, 0.1) is 0 Å². The van der Waals surface area contributed by atoms with Crippen LogP contribution >= 0.6 is 0 Å². The average Bonchev–Trinajstić information content (AvgIpc) is 2.80. The Morgan fingerprint density at radius 1 is 1.13 bits per heavy atom. The standard InChI is InChI=1S/C21H20F3N3O3/c1-13-11-18(28)25-16-5-3-4-6-17(16)27(13)19(29)12-26(2)20(30)14-7-9-15(10-8-14)21(22,23)24/h3-10,13H,11-12H2,1-2H3,(H,25,28). The van der Waals surface area contributed by atoms with Crippen LogP contribution in [-0.4, -0.2) is 42.3 Å². The van der Waals surface area contributed by atoms with Gasteiger partial charge < -0.3 is 15.1 Å². The van der Waals surface area contributed by atoms with Crippen molar-refractivity contribution in [2.45, 2.75) is 25.6 Å². The lowest BCUT2D eigenvalue weighted by atomic mass is 10.1. The van der Waals surface area contributed by atoms with E-state index in [1.807, 2.05) is 0 Å². The highest BCUT2D eigenvalue weighted by molar-refractivity contribution is 6.06. The number of hydrogen-bond acceptors (Lipinski definition) is 3. The summed E-state index contributed by atoms with van der Waals surface area (Å²) in [5, 5.41) is 2.75. The lowest BCUT2D eigenvalue weighted by Gasteiger charge is -2.29. The summed E-state index contributed by atoms with van der Waals surface area (Å²) in [5.74, 6) is -1.21. The highest BCUT2D eigenvalue weighted by Gasteiger charge is 2.32. The molecule has 30 heavy (non-hydrogen) atoms. The molecular weight excluding hydrogens is 399 g/mol. The van der Waals surface area contributed by atoms with Gasteiger partial charge in [-0.15, -0.1) is 0 Å². The number of halogens is 3. The molecule has 1 atom stereocenters. The van der Waals surface area contributed by atoms with Crippen molar-refractivity contribution in [3.8, 4) is 0 Å². The molecule has 2 aromatic rings. The van der Waals surface area contributed by atoms with Crippen molar-refractivity contribution in [3.63, 3.8) is 0 Å². The van der Waals surface area contributed by atoms with E-state index in [1.54, 1.807) is 31.2 Å². The molecule has 1 aliphatic heterocycles. The van der Waals surface area contributed by atoms with E-state index in [0.717, 1.165) is 29.2 Å². The second-order valence-electron chi connectivity index (χ2n) is 7.12. The van der Waals surface area contributed by atoms with Crippen molar-refractivity contribution in [3.05, 3.63) is 59.7 Å². The molecule has 158 valence electrons. The van der Waals surface area contributed by atoms with Crippen LogP contribution in [-0.2, 0) is 15.8 Å². The molecule has 6 nitrogen and oxygen atoms in total. The fourth-order valence-electron chi connectivity index (χ4n) is 3.34. The van der Waals surface area contributed by atoms with Gasteiger partial charge in [0.25, 0.3) is 5.91 Å². The Hall–Kier alpha value is -3.36. The van der Waals surface area contributed by atoms with Crippen LogP contribution in [0.25, 0.3) is 0 Å². The van der Waals surface area contributed by atoms with E-state index in [9.17, 15) is 27.6 Å². The van der Waals surface area contributed by atoms with E-state index >= 15 is 0 Å². The number of benzene rings is 2. The average molecular weight is 419 g/mol. The summed E-state index contributed by atoms with van der Waals surface area (Å²) in [6.07, 6.45) is -4.40. The van der Waals surface area contributed by atoms with Gasteiger partial charge in [0.05, 0.1) is 16.9 Å². The second kappa shape index (κ2) is 8.17. The van der Waals surface area contributed by atoms with Gasteiger partial charge in [-0.25, -0.2) is 0 Å². The van der Waals surface area contributed by atoms with Crippen molar-refractivity contribution >= 4 is 29.1 Å². The Bertz CT molecular complexity index is 973. The predicted molar refractivity (Wildman–Crippen MR) is 105 cm³/mol. The maximum Gasteiger partial charge on any atom is 0.416 e. The van der Waals surface area contributed by atoms with Crippen LogP contribution in [0.2, 0.25) is 0 Å². The van der Waals surface area contributed by atoms with Gasteiger partial charge in [-0.1, -0.05) is 12.1 Å². The fourth-order valence-corrected chi connectivity index (χ4v) is 3.34. The number of anilines is 2. The Labute approximate surface area is 171 Å². The molecule has 0 aliphatic carbocycles. The number of alkyl halides is 3. The quantitative estimate of drug-likeness (QED) is 0.828. The number of nitrogens with one attached hydrogen (secondary N) is 1. The summed E-state index contributed by atoms with van der Waals surface area (Å²) in [6, 6.07) is 10.2. The molecule has 0 radical (unpaired) electrons. The first kappa shape index (κ1) is 21.4. The van der Waals surface area contributed by atoms with Gasteiger partial charge in [0.1, 0.15) is 6.54 Å². The number of para-hydroxylation sites is 2. The van der Waals surface area contributed by atoms with Crippen LogP contribution < -0.4 is 10.2 Å². The third-order valence-corrected chi connectivity index (χ3v) is 4.81. The molecule has 1 N–H and O–H groups in total. The monoisotopic (exact) mass is 419 g/mol. The first-order valence-electron chi connectivity index (χ1n) is 9.21. The number of carbonyl (C=O) groups excluding carboxylic acids is 3. The van der Waals surface area contributed by atoms with E-state index in [2.05, 4.69) is 5.32 Å². The largest absolute Gasteiger partial charge is 0.416 e. The molecule has 1 unspecified atom stereocenters. The van der Waals surface area contributed by atoms with Gasteiger partial charge in [-0.05, 0) is 43.3 Å². The fraction of sp³-hybridized carbons (Fsp3) is 0.286. The highest BCUT2D eigenvalue weighted by Crippen LogP contribution is 2.32. The van der Waals surface area contributed by atoms with Crippen molar-refractivity contribution < 1.29 is 27.6 Å². The first-order valence-corrected chi connectivity index (χ1v) is 9.21. The SMILES string of the molecule is CC1CC(=O)Nc2ccccc2N1C(=O)CN(C)C(=O)c1ccc(C(F)(F)F)cc1. The number of amides is 3. The van der Waals surface area contributed by atoms with Crippen molar-refractivity contribution in [2.75, 3.05) is 23.8 Å². The zero-order valence-electron chi connectivity index (χ0n) is 16.4. The van der Waals surface area contributed by atoms with E-state index in [-0.39, 0.29) is 24.4 Å². The smallest absolute Gasteiger partial charge is 0.332 e. The molecule has 9 heteroatoms. The van der Waals surface area contributed by atoms with Crippen molar-refractivity contribution in [1.82, 2.24) is 4.90 Å². The molecule has 3 rings (SSSR count). The molecule has 0 saturated heterocycles. The molecule has 0 bridgehead atoms. The minimum Gasteiger partial charge on any atom is -0.332 e. The van der Waals surface area contributed by atoms with Gasteiger partial charge in [0.15, 0.2) is 0 Å². The van der Waals surface area contributed by atoms with Gasteiger partial charge >= 0.3 is 6.18 Å². The van der Waals surface area contributed by atoms with E-state index in [1.165, 1.54) is 11.9 Å². The van der Waals surface area contributed by atoms with Crippen LogP contribution in [0.4, 0.5) is 24.5 Å². The Balaban J connectivity index is 1.78. The maximum absolute atomic E-state index is 13.0. The van der Waals surface area contributed by atoms with Gasteiger partial charge in [0.2, 0.25) is 11.8 Å². The number of rotatable bonds is 3. The number of hydrogen-bond donors (Lipinski definition) is 1. The van der Waals surface area contributed by atoms with E-state index in [0.29, 0.717) is 11.4 Å². The van der Waals surface area contributed by atoms with Crippen LogP contribution in [0.3, 0.4) is 0 Å². The third-order valence-electron chi connectivity index (χ3n) is 4.81. The molecule has 0 saturated carbocycles. The van der Waals surface area contributed by atoms with Crippen LogP contribution in [0.5, 0.6) is 0 Å². The van der Waals surface area contributed by atoms with E-state index in [4.69, 9.17) is 0 Å². The summed E-state index contributed by atoms with van der Waals surface area (Å²) in [6.45, 7) is 1.43.